The van der Waals surface area contributed by atoms with Gasteiger partial charge in [0.2, 0.25) is 11.9 Å². The number of hydrogen-bond donors (Lipinski definition) is 2. The van der Waals surface area contributed by atoms with Gasteiger partial charge in [0.25, 0.3) is 0 Å². The molecule has 5 heterocycles. The van der Waals surface area contributed by atoms with Gasteiger partial charge in [-0.1, -0.05) is 6.07 Å². The standard InChI is InChI=1S/C24H26FN9O/c1-14-6-20(8-21-7-15(2)31-32-21)30-24(28-14)33-11-18(12-33)23(35)29-16(3)17-4-5-22(26-9-17)34-13-19(25)10-27-34/h4-7,9-10,13,16,18H,8,11-12H2,1-3H3,(H,29,35)(H,31,32)/t16-/m0/s1. The number of carbonyl (C=O) groups excluding carboxylic acids is 1. The highest BCUT2D eigenvalue weighted by molar-refractivity contribution is 5.82. The minimum Gasteiger partial charge on any atom is -0.349 e. The van der Waals surface area contributed by atoms with Crippen molar-refractivity contribution < 1.29 is 9.18 Å². The lowest BCUT2D eigenvalue weighted by atomic mass is 9.98. The van der Waals surface area contributed by atoms with Crippen molar-refractivity contribution >= 4 is 11.9 Å². The highest BCUT2D eigenvalue weighted by Gasteiger charge is 2.35. The summed E-state index contributed by atoms with van der Waals surface area (Å²) in [7, 11) is 0. The van der Waals surface area contributed by atoms with Gasteiger partial charge in [-0.05, 0) is 44.5 Å². The normalized spacial score (nSPS) is 14.6. The number of halogens is 1. The van der Waals surface area contributed by atoms with Crippen molar-refractivity contribution in [1.29, 1.82) is 0 Å². The van der Waals surface area contributed by atoms with Gasteiger partial charge >= 0.3 is 0 Å². The summed E-state index contributed by atoms with van der Waals surface area (Å²) < 4.78 is 14.5. The predicted octanol–water partition coefficient (Wildman–Crippen LogP) is 2.44. The van der Waals surface area contributed by atoms with Gasteiger partial charge in [0.15, 0.2) is 11.6 Å². The Labute approximate surface area is 201 Å². The maximum absolute atomic E-state index is 13.2. The molecule has 0 radical (unpaired) electrons. The SMILES string of the molecule is Cc1cc(Cc2cc(C)[nH]n2)nc(N2CC(C(=O)N[C@@H](C)c3ccc(-n4cc(F)cn4)nc3)C2)n1. The summed E-state index contributed by atoms with van der Waals surface area (Å²) in [5.41, 5.74) is 4.57. The number of hydrogen-bond acceptors (Lipinski definition) is 7. The third-order valence-electron chi connectivity index (χ3n) is 5.97. The van der Waals surface area contributed by atoms with E-state index in [1.54, 1.807) is 12.3 Å². The van der Waals surface area contributed by atoms with Crippen molar-refractivity contribution in [2.45, 2.75) is 33.2 Å². The zero-order valence-electron chi connectivity index (χ0n) is 19.7. The number of pyridine rings is 1. The Balaban J connectivity index is 1.16. The molecule has 10 nitrogen and oxygen atoms in total. The second-order valence-corrected chi connectivity index (χ2v) is 8.90. The van der Waals surface area contributed by atoms with E-state index in [-0.39, 0.29) is 17.9 Å². The molecule has 11 heteroatoms. The Morgan fingerprint density at radius 3 is 2.69 bits per heavy atom. The van der Waals surface area contributed by atoms with Crippen molar-refractivity contribution in [3.63, 3.8) is 0 Å². The van der Waals surface area contributed by atoms with Crippen molar-refractivity contribution in [3.8, 4) is 5.82 Å². The number of aryl methyl sites for hydroxylation is 2. The van der Waals surface area contributed by atoms with E-state index < -0.39 is 5.82 Å². The average Bonchev–Trinajstić information content (AvgIpc) is 3.40. The third-order valence-corrected chi connectivity index (χ3v) is 5.97. The van der Waals surface area contributed by atoms with E-state index in [1.807, 2.05) is 43.9 Å². The van der Waals surface area contributed by atoms with E-state index in [4.69, 9.17) is 0 Å². The molecule has 0 aliphatic carbocycles. The molecule has 0 saturated carbocycles. The molecule has 0 bridgehead atoms. The zero-order valence-corrected chi connectivity index (χ0v) is 19.7. The van der Waals surface area contributed by atoms with Crippen LogP contribution < -0.4 is 10.2 Å². The van der Waals surface area contributed by atoms with Crippen molar-refractivity contribution in [2.24, 2.45) is 5.92 Å². The van der Waals surface area contributed by atoms with Crippen LogP contribution in [0.25, 0.3) is 5.82 Å². The van der Waals surface area contributed by atoms with Crippen LogP contribution in [0.1, 0.15) is 41.3 Å². The minimum absolute atomic E-state index is 0.0214. The number of amides is 1. The monoisotopic (exact) mass is 475 g/mol. The van der Waals surface area contributed by atoms with Crippen LogP contribution in [0, 0.1) is 25.6 Å². The molecule has 0 unspecified atom stereocenters. The van der Waals surface area contributed by atoms with Gasteiger partial charge in [0.1, 0.15) is 0 Å². The van der Waals surface area contributed by atoms with E-state index in [0.717, 1.165) is 34.5 Å². The summed E-state index contributed by atoms with van der Waals surface area (Å²) in [6.45, 7) is 6.94. The van der Waals surface area contributed by atoms with E-state index in [2.05, 4.69) is 35.6 Å². The summed E-state index contributed by atoms with van der Waals surface area (Å²) in [5, 5.41) is 14.2. The molecule has 4 aromatic rings. The van der Waals surface area contributed by atoms with Gasteiger partial charge < -0.3 is 10.2 Å². The minimum atomic E-state index is -0.425. The molecule has 180 valence electrons. The topological polar surface area (TPSA) is 118 Å². The number of aromatic nitrogens is 7. The Hall–Kier alpha value is -4.15. The van der Waals surface area contributed by atoms with Gasteiger partial charge in [-0.2, -0.15) is 10.2 Å². The first-order valence-corrected chi connectivity index (χ1v) is 11.4. The smallest absolute Gasteiger partial charge is 0.227 e. The van der Waals surface area contributed by atoms with Gasteiger partial charge in [-0.25, -0.2) is 24.0 Å². The number of H-pyrrole nitrogens is 1. The Morgan fingerprint density at radius 2 is 2.03 bits per heavy atom. The van der Waals surface area contributed by atoms with E-state index in [0.29, 0.717) is 31.3 Å². The van der Waals surface area contributed by atoms with Gasteiger partial charge in [-0.3, -0.25) is 9.89 Å². The molecular weight excluding hydrogens is 449 g/mol. The zero-order chi connectivity index (χ0) is 24.5. The molecule has 1 aliphatic heterocycles. The Kier molecular flexibility index (Phi) is 5.98. The Morgan fingerprint density at radius 1 is 1.20 bits per heavy atom. The van der Waals surface area contributed by atoms with Crippen LogP contribution in [-0.2, 0) is 11.2 Å². The third kappa shape index (κ3) is 5.03. The molecule has 2 N–H and O–H groups in total. The van der Waals surface area contributed by atoms with E-state index >= 15 is 0 Å². The number of aromatic amines is 1. The number of carbonyl (C=O) groups is 1. The fourth-order valence-corrected chi connectivity index (χ4v) is 4.04. The van der Waals surface area contributed by atoms with E-state index in [1.165, 1.54) is 10.9 Å². The van der Waals surface area contributed by atoms with E-state index in [9.17, 15) is 9.18 Å². The van der Waals surface area contributed by atoms with Crippen LogP contribution in [-0.4, -0.2) is 53.9 Å². The molecule has 0 spiro atoms. The van der Waals surface area contributed by atoms with Crippen LogP contribution in [0.3, 0.4) is 0 Å². The quantitative estimate of drug-likeness (QED) is 0.422. The molecule has 1 fully saturated rings. The summed E-state index contributed by atoms with van der Waals surface area (Å²) in [6, 6.07) is 7.34. The van der Waals surface area contributed by atoms with Crippen LogP contribution in [0.15, 0.2) is 42.9 Å². The van der Waals surface area contributed by atoms with Crippen LogP contribution >= 0.6 is 0 Å². The molecule has 1 atom stereocenters. The van der Waals surface area contributed by atoms with Gasteiger partial charge in [0.05, 0.1) is 35.7 Å². The number of nitrogens with zero attached hydrogens (tertiary/aromatic N) is 7. The summed E-state index contributed by atoms with van der Waals surface area (Å²) in [4.78, 5) is 28.4. The van der Waals surface area contributed by atoms with Crippen LogP contribution in [0.2, 0.25) is 0 Å². The molecule has 1 aliphatic rings. The first kappa shape index (κ1) is 22.6. The number of anilines is 1. The largest absolute Gasteiger partial charge is 0.349 e. The second kappa shape index (κ2) is 9.24. The highest BCUT2D eigenvalue weighted by Crippen LogP contribution is 2.24. The number of rotatable bonds is 7. The van der Waals surface area contributed by atoms with Gasteiger partial charge in [0, 0.05) is 37.1 Å². The molecule has 0 aromatic carbocycles. The van der Waals surface area contributed by atoms with Crippen LogP contribution in [0.5, 0.6) is 0 Å². The van der Waals surface area contributed by atoms with Gasteiger partial charge in [-0.15, -0.1) is 0 Å². The van der Waals surface area contributed by atoms with Crippen molar-refractivity contribution in [2.75, 3.05) is 18.0 Å². The second-order valence-electron chi connectivity index (χ2n) is 8.90. The lowest BCUT2D eigenvalue weighted by Gasteiger charge is -2.38. The average molecular weight is 476 g/mol. The lowest BCUT2D eigenvalue weighted by Crippen LogP contribution is -2.54. The molecular formula is C24H26FN9O. The summed E-state index contributed by atoms with van der Waals surface area (Å²) >= 11 is 0. The lowest BCUT2D eigenvalue weighted by molar-refractivity contribution is -0.126. The fourth-order valence-electron chi connectivity index (χ4n) is 4.04. The van der Waals surface area contributed by atoms with Crippen molar-refractivity contribution in [1.82, 2.24) is 40.2 Å². The van der Waals surface area contributed by atoms with Crippen molar-refractivity contribution in [3.05, 3.63) is 77.0 Å². The maximum atomic E-state index is 13.2. The summed E-state index contributed by atoms with van der Waals surface area (Å²) in [5.74, 6) is 0.557. The molecule has 1 amide bonds. The summed E-state index contributed by atoms with van der Waals surface area (Å²) in [6.07, 6.45) is 4.67. The fraction of sp³-hybridized carbons (Fsp3) is 0.333. The maximum Gasteiger partial charge on any atom is 0.227 e. The molecule has 5 rings (SSSR count). The first-order chi connectivity index (χ1) is 16.8. The Bertz CT molecular complexity index is 1340. The molecule has 4 aromatic heterocycles. The van der Waals surface area contributed by atoms with Crippen LogP contribution in [0.4, 0.5) is 10.3 Å². The molecule has 35 heavy (non-hydrogen) atoms. The number of nitrogens with one attached hydrogen (secondary N) is 2. The molecule has 1 saturated heterocycles. The highest BCUT2D eigenvalue weighted by atomic mass is 19.1. The predicted molar refractivity (Wildman–Crippen MR) is 126 cm³/mol. The first-order valence-electron chi connectivity index (χ1n) is 11.4.